The van der Waals surface area contributed by atoms with Crippen molar-refractivity contribution in [2.45, 2.75) is 19.9 Å². The largest absolute Gasteiger partial charge is 0.316 e. The summed E-state index contributed by atoms with van der Waals surface area (Å²) < 4.78 is 0. The summed E-state index contributed by atoms with van der Waals surface area (Å²) in [4.78, 5) is 11.1. The van der Waals surface area contributed by atoms with Crippen LogP contribution in [0.1, 0.15) is 16.7 Å². The maximum absolute atomic E-state index is 11.1. The predicted octanol–water partition coefficient (Wildman–Crippen LogP) is 1.96. The number of hydrogen-bond donors (Lipinski definition) is 1. The lowest BCUT2D eigenvalue weighted by molar-refractivity contribution is -0.118. The van der Waals surface area contributed by atoms with Crippen molar-refractivity contribution in [3.05, 3.63) is 41.0 Å². The van der Waals surface area contributed by atoms with Gasteiger partial charge in [0.1, 0.15) is 6.04 Å². The molecular weight excluding hydrogens is 202 g/mol. The molecule has 0 spiro atoms. The molecule has 0 saturated carbocycles. The number of nitrogens with zero attached hydrogens (tertiary/aromatic N) is 2. The van der Waals surface area contributed by atoms with Gasteiger partial charge in [-0.1, -0.05) is 17.7 Å². The van der Waals surface area contributed by atoms with Crippen LogP contribution in [0.15, 0.2) is 34.5 Å². The quantitative estimate of drug-likeness (QED) is 0.778. The van der Waals surface area contributed by atoms with Crippen LogP contribution in [-0.4, -0.2) is 11.9 Å². The Balaban J connectivity index is 2.46. The second-order valence-electron chi connectivity index (χ2n) is 3.93. The molecule has 1 aromatic carbocycles. The van der Waals surface area contributed by atoms with E-state index >= 15 is 0 Å². The third-order valence-corrected chi connectivity index (χ3v) is 2.55. The summed E-state index contributed by atoms with van der Waals surface area (Å²) in [7, 11) is 0. The van der Waals surface area contributed by atoms with Crippen LogP contribution in [0.5, 0.6) is 0 Å². The van der Waals surface area contributed by atoms with Gasteiger partial charge >= 0.3 is 0 Å². The minimum atomic E-state index is -0.674. The van der Waals surface area contributed by atoms with Gasteiger partial charge in [-0.15, -0.1) is 10.2 Å². The average molecular weight is 215 g/mol. The van der Waals surface area contributed by atoms with Crippen molar-refractivity contribution in [3.63, 3.8) is 0 Å². The number of nitrogens with two attached hydrogens (primary N) is 1. The monoisotopic (exact) mass is 215 g/mol. The molecule has 0 aliphatic carbocycles. The molecule has 16 heavy (non-hydrogen) atoms. The van der Waals surface area contributed by atoms with Gasteiger partial charge in [0.05, 0.1) is 5.70 Å². The van der Waals surface area contributed by atoms with E-state index < -0.39 is 11.9 Å². The second-order valence-corrected chi connectivity index (χ2v) is 3.93. The van der Waals surface area contributed by atoms with E-state index in [4.69, 9.17) is 5.73 Å². The Morgan fingerprint density at radius 2 is 2.00 bits per heavy atom. The van der Waals surface area contributed by atoms with E-state index in [0.29, 0.717) is 5.70 Å². The van der Waals surface area contributed by atoms with Crippen molar-refractivity contribution in [3.8, 4) is 0 Å². The third kappa shape index (κ3) is 1.92. The Bertz CT molecular complexity index is 503. The van der Waals surface area contributed by atoms with Crippen LogP contribution < -0.4 is 5.73 Å². The Labute approximate surface area is 93.9 Å². The summed E-state index contributed by atoms with van der Waals surface area (Å²) in [5.41, 5.74) is 9.50. The molecule has 4 heteroatoms. The van der Waals surface area contributed by atoms with Crippen LogP contribution in [0.25, 0.3) is 5.70 Å². The van der Waals surface area contributed by atoms with E-state index in [-0.39, 0.29) is 0 Å². The van der Waals surface area contributed by atoms with Crippen LogP contribution in [0.3, 0.4) is 0 Å². The molecule has 0 saturated heterocycles. The summed E-state index contributed by atoms with van der Waals surface area (Å²) in [6, 6.07) is 5.39. The lowest BCUT2D eigenvalue weighted by Gasteiger charge is -2.12. The second kappa shape index (κ2) is 3.98. The van der Waals surface area contributed by atoms with Crippen LogP contribution >= 0.6 is 0 Å². The van der Waals surface area contributed by atoms with Gasteiger partial charge in [-0.2, -0.15) is 0 Å². The van der Waals surface area contributed by atoms with Crippen molar-refractivity contribution in [2.75, 3.05) is 0 Å². The summed E-state index contributed by atoms with van der Waals surface area (Å²) >= 11 is 0. The minimum absolute atomic E-state index is 0.394. The van der Waals surface area contributed by atoms with Crippen molar-refractivity contribution >= 4 is 11.6 Å². The fourth-order valence-electron chi connectivity index (χ4n) is 1.60. The lowest BCUT2D eigenvalue weighted by atomic mass is 10.0. The number of azo groups is 1. The van der Waals surface area contributed by atoms with E-state index in [9.17, 15) is 4.79 Å². The van der Waals surface area contributed by atoms with Crippen molar-refractivity contribution < 1.29 is 4.79 Å². The first-order valence-corrected chi connectivity index (χ1v) is 5.08. The van der Waals surface area contributed by atoms with Gasteiger partial charge in [0.25, 0.3) is 5.91 Å². The zero-order valence-corrected chi connectivity index (χ0v) is 9.27. The zero-order chi connectivity index (χ0) is 11.7. The topological polar surface area (TPSA) is 67.8 Å². The summed E-state index contributed by atoms with van der Waals surface area (Å²) in [6.07, 6.45) is 1.65. The van der Waals surface area contributed by atoms with Crippen molar-refractivity contribution in [1.82, 2.24) is 0 Å². The molecule has 1 aliphatic heterocycles. The maximum atomic E-state index is 11.1. The highest BCUT2D eigenvalue weighted by molar-refractivity contribution is 5.89. The van der Waals surface area contributed by atoms with Gasteiger partial charge in [-0.3, -0.25) is 4.79 Å². The summed E-state index contributed by atoms with van der Waals surface area (Å²) in [5, 5.41) is 7.42. The summed E-state index contributed by atoms with van der Waals surface area (Å²) in [6.45, 7) is 4.00. The number of rotatable bonds is 1. The molecule has 0 aromatic heterocycles. The Kier molecular flexibility index (Phi) is 2.66. The molecule has 82 valence electrons. The van der Waals surface area contributed by atoms with Gasteiger partial charge in [0, 0.05) is 5.56 Å². The fraction of sp³-hybridized carbons (Fsp3) is 0.250. The normalized spacial score (nSPS) is 19.8. The van der Waals surface area contributed by atoms with Crippen molar-refractivity contribution in [2.24, 2.45) is 16.0 Å². The highest BCUT2D eigenvalue weighted by atomic mass is 16.2. The fourth-order valence-corrected chi connectivity index (χ4v) is 1.60. The van der Waals surface area contributed by atoms with Gasteiger partial charge in [0.2, 0.25) is 0 Å². The van der Waals surface area contributed by atoms with Crippen molar-refractivity contribution in [1.29, 1.82) is 0 Å². The Morgan fingerprint density at radius 3 is 2.69 bits per heavy atom. The smallest absolute Gasteiger partial charge is 0.285 e. The maximum Gasteiger partial charge on any atom is 0.285 e. The molecule has 1 aromatic rings. The van der Waals surface area contributed by atoms with E-state index in [1.165, 1.54) is 0 Å². The first-order valence-electron chi connectivity index (χ1n) is 5.08. The van der Waals surface area contributed by atoms with Gasteiger partial charge < -0.3 is 5.73 Å². The standard InChI is InChI=1S/C12H13N3O/c1-7-3-4-8(2)9(5-7)11-6-10(13)12(16)15-14-11/h3-6,10H,13H2,1-2H3. The van der Waals surface area contributed by atoms with E-state index in [1.807, 2.05) is 32.0 Å². The SMILES string of the molecule is Cc1ccc(C)c(C2=CC(N)C(=O)N=N2)c1. The number of hydrogen-bond acceptors (Lipinski definition) is 3. The molecule has 0 radical (unpaired) electrons. The zero-order valence-electron chi connectivity index (χ0n) is 9.27. The molecule has 1 heterocycles. The van der Waals surface area contributed by atoms with Gasteiger partial charge in [0.15, 0.2) is 0 Å². The first-order chi connectivity index (χ1) is 7.58. The number of carbonyl (C=O) groups is 1. The number of carbonyl (C=O) groups excluding carboxylic acids is 1. The number of benzene rings is 1. The van der Waals surface area contributed by atoms with Gasteiger partial charge in [-0.05, 0) is 31.6 Å². The molecule has 4 nitrogen and oxygen atoms in total. The van der Waals surface area contributed by atoms with E-state index in [2.05, 4.69) is 10.2 Å². The molecule has 2 rings (SSSR count). The molecule has 1 amide bonds. The molecular formula is C12H13N3O. The summed E-state index contributed by atoms with van der Waals surface area (Å²) in [5.74, 6) is -0.394. The van der Waals surface area contributed by atoms with Crippen LogP contribution in [-0.2, 0) is 4.79 Å². The van der Waals surface area contributed by atoms with Crippen LogP contribution in [0.2, 0.25) is 0 Å². The minimum Gasteiger partial charge on any atom is -0.316 e. The molecule has 0 bridgehead atoms. The number of aryl methyl sites for hydroxylation is 2. The highest BCUT2D eigenvalue weighted by Gasteiger charge is 2.17. The third-order valence-electron chi connectivity index (χ3n) is 2.55. The lowest BCUT2D eigenvalue weighted by Crippen LogP contribution is -2.28. The Morgan fingerprint density at radius 1 is 1.25 bits per heavy atom. The average Bonchev–Trinajstić information content (AvgIpc) is 2.26. The molecule has 0 fully saturated rings. The Hall–Kier alpha value is -1.81. The van der Waals surface area contributed by atoms with Crippen LogP contribution in [0, 0.1) is 13.8 Å². The van der Waals surface area contributed by atoms with E-state index in [1.54, 1.807) is 6.08 Å². The molecule has 1 atom stereocenters. The molecule has 1 aliphatic rings. The predicted molar refractivity (Wildman–Crippen MR) is 61.7 cm³/mol. The number of amides is 1. The molecule has 2 N–H and O–H groups in total. The molecule has 1 unspecified atom stereocenters. The van der Waals surface area contributed by atoms with E-state index in [0.717, 1.165) is 16.7 Å². The highest BCUT2D eigenvalue weighted by Crippen LogP contribution is 2.24. The van der Waals surface area contributed by atoms with Gasteiger partial charge in [-0.25, -0.2) is 0 Å². The van der Waals surface area contributed by atoms with Crippen LogP contribution in [0.4, 0.5) is 0 Å². The first kappa shape index (κ1) is 10.7.